The molecule has 0 spiro atoms. The number of ether oxygens (including phenoxy) is 1. The van der Waals surface area contributed by atoms with Gasteiger partial charge < -0.3 is 21.1 Å². The number of nitrogens with two attached hydrogens (primary N) is 1. The quantitative estimate of drug-likeness (QED) is 0.734. The van der Waals surface area contributed by atoms with Crippen molar-refractivity contribution in [2.75, 3.05) is 12.3 Å². The summed E-state index contributed by atoms with van der Waals surface area (Å²) in [5.41, 5.74) is 6.93. The molecule has 122 valence electrons. The number of hydrogen-bond donors (Lipinski definition) is 3. The fourth-order valence-electron chi connectivity index (χ4n) is 2.45. The minimum Gasteiger partial charge on any atom is -0.487 e. The number of nitrogen functional groups attached to an aromatic ring is 1. The van der Waals surface area contributed by atoms with E-state index in [-0.39, 0.29) is 42.4 Å². The molecule has 1 atom stereocenters. The van der Waals surface area contributed by atoms with Gasteiger partial charge >= 0.3 is 0 Å². The lowest BCUT2D eigenvalue weighted by molar-refractivity contribution is -0.125. The first-order valence-electron chi connectivity index (χ1n) is 6.89. The molecule has 6 nitrogen and oxygen atoms in total. The van der Waals surface area contributed by atoms with Gasteiger partial charge in [0.05, 0.1) is 12.6 Å². The first-order valence-corrected chi connectivity index (χ1v) is 6.89. The highest BCUT2D eigenvalue weighted by Gasteiger charge is 2.34. The minimum atomic E-state index is -0.380. The van der Waals surface area contributed by atoms with Crippen LogP contribution in [-0.4, -0.2) is 24.0 Å². The van der Waals surface area contributed by atoms with Crippen molar-refractivity contribution in [1.82, 2.24) is 10.6 Å². The van der Waals surface area contributed by atoms with E-state index >= 15 is 0 Å². The van der Waals surface area contributed by atoms with Crippen molar-refractivity contribution < 1.29 is 14.3 Å². The maximum Gasteiger partial charge on any atom is 0.239 e. The highest BCUT2D eigenvalue weighted by Crippen LogP contribution is 2.40. The van der Waals surface area contributed by atoms with Gasteiger partial charge in [0.15, 0.2) is 0 Å². The number of hydrogen-bond acceptors (Lipinski definition) is 4. The predicted octanol–water partition coefficient (Wildman–Crippen LogP) is 1.55. The molecule has 1 unspecified atom stereocenters. The number of halogens is 1. The summed E-state index contributed by atoms with van der Waals surface area (Å²) in [6, 6.07) is 5.22. The highest BCUT2D eigenvalue weighted by atomic mass is 35.5. The van der Waals surface area contributed by atoms with Gasteiger partial charge in [-0.2, -0.15) is 0 Å². The number of fused-ring (bicyclic) bond motifs is 1. The van der Waals surface area contributed by atoms with E-state index in [1.165, 1.54) is 6.92 Å². The lowest BCUT2D eigenvalue weighted by Crippen LogP contribution is -2.44. The number of anilines is 1. The molecule has 1 aliphatic rings. The molecular formula is C15H22ClN3O3. The van der Waals surface area contributed by atoms with Crippen molar-refractivity contribution in [3.8, 4) is 5.75 Å². The molecule has 2 rings (SSSR count). The van der Waals surface area contributed by atoms with Gasteiger partial charge in [0.1, 0.15) is 11.4 Å². The van der Waals surface area contributed by atoms with Crippen LogP contribution in [0.1, 0.15) is 38.8 Å². The summed E-state index contributed by atoms with van der Waals surface area (Å²) in [6.45, 7) is 5.28. The van der Waals surface area contributed by atoms with Crippen LogP contribution >= 0.6 is 12.4 Å². The molecule has 1 aromatic carbocycles. The first kappa shape index (κ1) is 18.1. The van der Waals surface area contributed by atoms with Gasteiger partial charge in [0, 0.05) is 24.6 Å². The summed E-state index contributed by atoms with van der Waals surface area (Å²) < 4.78 is 5.91. The largest absolute Gasteiger partial charge is 0.487 e. The van der Waals surface area contributed by atoms with Gasteiger partial charge in [-0.1, -0.05) is 0 Å². The smallest absolute Gasteiger partial charge is 0.239 e. The zero-order valence-corrected chi connectivity index (χ0v) is 13.8. The Labute approximate surface area is 136 Å². The van der Waals surface area contributed by atoms with Gasteiger partial charge in [-0.15, -0.1) is 12.4 Å². The molecule has 1 aliphatic heterocycles. The average molecular weight is 328 g/mol. The van der Waals surface area contributed by atoms with Crippen molar-refractivity contribution in [3.05, 3.63) is 23.8 Å². The van der Waals surface area contributed by atoms with E-state index in [4.69, 9.17) is 10.5 Å². The van der Waals surface area contributed by atoms with E-state index < -0.39 is 0 Å². The summed E-state index contributed by atoms with van der Waals surface area (Å²) in [5.74, 6) is 0.258. The highest BCUT2D eigenvalue weighted by molar-refractivity contribution is 5.85. The van der Waals surface area contributed by atoms with Crippen LogP contribution in [0.5, 0.6) is 5.75 Å². The molecule has 1 heterocycles. The second-order valence-electron chi connectivity index (χ2n) is 5.89. The first-order chi connectivity index (χ1) is 9.77. The maximum absolute atomic E-state index is 11.9. The van der Waals surface area contributed by atoms with E-state index in [2.05, 4.69) is 10.6 Å². The van der Waals surface area contributed by atoms with Crippen LogP contribution in [0.4, 0.5) is 5.69 Å². The fraction of sp³-hybridized carbons (Fsp3) is 0.467. The normalized spacial score (nSPS) is 18.2. The molecule has 0 fully saturated rings. The maximum atomic E-state index is 11.9. The van der Waals surface area contributed by atoms with Crippen LogP contribution in [-0.2, 0) is 9.59 Å². The predicted molar refractivity (Wildman–Crippen MR) is 87.0 cm³/mol. The Hall–Kier alpha value is -1.95. The Balaban J connectivity index is 0.00000242. The van der Waals surface area contributed by atoms with Crippen molar-refractivity contribution >= 4 is 29.9 Å². The van der Waals surface area contributed by atoms with Crippen LogP contribution in [0, 0.1) is 0 Å². The molecule has 0 saturated heterocycles. The van der Waals surface area contributed by atoms with Crippen molar-refractivity contribution in [3.63, 3.8) is 0 Å². The van der Waals surface area contributed by atoms with Crippen molar-refractivity contribution in [1.29, 1.82) is 0 Å². The molecule has 4 N–H and O–H groups in total. The number of carbonyl (C=O) groups is 2. The molecule has 2 amide bonds. The Bertz CT molecular complexity index is 575. The van der Waals surface area contributed by atoms with Crippen LogP contribution in [0.2, 0.25) is 0 Å². The molecule has 0 aliphatic carbocycles. The summed E-state index contributed by atoms with van der Waals surface area (Å²) >= 11 is 0. The lowest BCUT2D eigenvalue weighted by atomic mass is 9.89. The third kappa shape index (κ3) is 4.53. The Kier molecular flexibility index (Phi) is 5.65. The van der Waals surface area contributed by atoms with E-state index in [1.807, 2.05) is 26.0 Å². The molecule has 1 aromatic rings. The van der Waals surface area contributed by atoms with Crippen LogP contribution in [0.25, 0.3) is 0 Å². The molecule has 0 bridgehead atoms. The second-order valence-corrected chi connectivity index (χ2v) is 5.89. The molecule has 0 radical (unpaired) electrons. The van der Waals surface area contributed by atoms with E-state index in [0.717, 1.165) is 11.3 Å². The van der Waals surface area contributed by atoms with Crippen LogP contribution in [0.15, 0.2) is 18.2 Å². The van der Waals surface area contributed by atoms with Crippen molar-refractivity contribution in [2.45, 2.75) is 38.8 Å². The number of benzene rings is 1. The number of carbonyl (C=O) groups excluding carboxylic acids is 2. The zero-order valence-electron chi connectivity index (χ0n) is 12.9. The summed E-state index contributed by atoms with van der Waals surface area (Å²) in [7, 11) is 0. The fourth-order valence-corrected chi connectivity index (χ4v) is 2.45. The van der Waals surface area contributed by atoms with E-state index in [0.29, 0.717) is 12.1 Å². The average Bonchev–Trinajstić information content (AvgIpc) is 2.36. The minimum absolute atomic E-state index is 0. The Morgan fingerprint density at radius 2 is 2.09 bits per heavy atom. The Morgan fingerprint density at radius 1 is 1.41 bits per heavy atom. The number of rotatable bonds is 3. The zero-order chi connectivity index (χ0) is 15.6. The SMILES string of the molecule is CC(=O)NCC(=O)NC1CC(C)(C)Oc2ccc(N)cc21.Cl. The molecule has 22 heavy (non-hydrogen) atoms. The van der Waals surface area contributed by atoms with Crippen LogP contribution < -0.4 is 21.1 Å². The standard InChI is InChI=1S/C15H21N3O3.ClH/c1-9(19)17-8-14(20)18-12-7-15(2,3)21-13-5-4-10(16)6-11(12)13;/h4-6,12H,7-8,16H2,1-3H3,(H,17,19)(H,18,20);1H. The van der Waals surface area contributed by atoms with Gasteiger partial charge in [0.2, 0.25) is 11.8 Å². The van der Waals surface area contributed by atoms with Gasteiger partial charge in [-0.05, 0) is 32.0 Å². The van der Waals surface area contributed by atoms with Crippen molar-refractivity contribution in [2.24, 2.45) is 0 Å². The van der Waals surface area contributed by atoms with Gasteiger partial charge in [-0.25, -0.2) is 0 Å². The molecule has 0 saturated carbocycles. The molecule has 0 aromatic heterocycles. The summed E-state index contributed by atoms with van der Waals surface area (Å²) in [4.78, 5) is 22.8. The Morgan fingerprint density at radius 3 is 2.73 bits per heavy atom. The molecule has 7 heteroatoms. The lowest BCUT2D eigenvalue weighted by Gasteiger charge is -2.38. The number of amides is 2. The number of nitrogens with one attached hydrogen (secondary N) is 2. The monoisotopic (exact) mass is 327 g/mol. The third-order valence-corrected chi connectivity index (χ3v) is 3.32. The van der Waals surface area contributed by atoms with E-state index in [9.17, 15) is 9.59 Å². The van der Waals surface area contributed by atoms with Gasteiger partial charge in [-0.3, -0.25) is 9.59 Å². The summed E-state index contributed by atoms with van der Waals surface area (Å²) in [6.07, 6.45) is 0.634. The summed E-state index contributed by atoms with van der Waals surface area (Å²) in [5, 5.41) is 5.41. The van der Waals surface area contributed by atoms with Gasteiger partial charge in [0.25, 0.3) is 0 Å². The topological polar surface area (TPSA) is 93.5 Å². The van der Waals surface area contributed by atoms with E-state index in [1.54, 1.807) is 6.07 Å². The third-order valence-electron chi connectivity index (χ3n) is 3.32. The van der Waals surface area contributed by atoms with Crippen LogP contribution in [0.3, 0.4) is 0 Å². The second kappa shape index (κ2) is 6.87. The molecular weight excluding hydrogens is 306 g/mol.